The number of anilines is 1. The van der Waals surface area contributed by atoms with E-state index in [0.29, 0.717) is 24.1 Å². The molecule has 1 aromatic heterocycles. The topological polar surface area (TPSA) is 92.3 Å². The monoisotopic (exact) mass is 248 g/mol. The summed E-state index contributed by atoms with van der Waals surface area (Å²) in [5, 5.41) is 9.55. The summed E-state index contributed by atoms with van der Waals surface area (Å²) in [4.78, 5) is 22.0. The Balaban J connectivity index is 1.94. The lowest BCUT2D eigenvalue weighted by Crippen LogP contribution is -2.24. The second-order valence-electron chi connectivity index (χ2n) is 5.00. The minimum Gasteiger partial charge on any atom is -0.391 e. The van der Waals surface area contributed by atoms with Crippen molar-refractivity contribution in [2.75, 3.05) is 18.0 Å². The third-order valence-corrected chi connectivity index (χ3v) is 3.41. The maximum atomic E-state index is 11.3. The van der Waals surface area contributed by atoms with Gasteiger partial charge in [0.2, 0.25) is 0 Å². The van der Waals surface area contributed by atoms with E-state index in [1.807, 2.05) is 4.90 Å². The second kappa shape index (κ2) is 4.20. The van der Waals surface area contributed by atoms with Gasteiger partial charge >= 0.3 is 0 Å². The van der Waals surface area contributed by atoms with Crippen LogP contribution in [0.2, 0.25) is 0 Å². The summed E-state index contributed by atoms with van der Waals surface area (Å²) in [7, 11) is 0. The molecule has 2 aliphatic rings. The molecule has 6 heteroatoms. The number of carbonyl (C=O) groups is 1. The van der Waals surface area contributed by atoms with Crippen molar-refractivity contribution >= 4 is 11.7 Å². The number of aliphatic hydroxyl groups excluding tert-OH is 1. The molecule has 96 valence electrons. The van der Waals surface area contributed by atoms with Gasteiger partial charge in [-0.15, -0.1) is 0 Å². The van der Waals surface area contributed by atoms with Gasteiger partial charge in [-0.1, -0.05) is 0 Å². The quantitative estimate of drug-likeness (QED) is 0.787. The van der Waals surface area contributed by atoms with Crippen molar-refractivity contribution in [3.8, 4) is 0 Å². The van der Waals surface area contributed by atoms with E-state index in [1.54, 1.807) is 6.07 Å². The first-order valence-corrected chi connectivity index (χ1v) is 6.25. The van der Waals surface area contributed by atoms with E-state index in [2.05, 4.69) is 9.97 Å². The first kappa shape index (κ1) is 11.4. The lowest BCUT2D eigenvalue weighted by atomic mass is 10.3. The summed E-state index contributed by atoms with van der Waals surface area (Å²) in [5.41, 5.74) is 5.57. The van der Waals surface area contributed by atoms with Gasteiger partial charge in [0.1, 0.15) is 17.3 Å². The number of β-amino-alcohol motifs (C(OH)–C–C–N with tert-alkyl or cyclic N) is 1. The maximum absolute atomic E-state index is 11.3. The third kappa shape index (κ3) is 2.15. The van der Waals surface area contributed by atoms with E-state index in [4.69, 9.17) is 5.73 Å². The molecular formula is C12H16N4O2. The van der Waals surface area contributed by atoms with Crippen LogP contribution in [-0.2, 0) is 0 Å². The van der Waals surface area contributed by atoms with Crippen molar-refractivity contribution in [1.82, 2.24) is 9.97 Å². The Kier molecular flexibility index (Phi) is 2.66. The van der Waals surface area contributed by atoms with Crippen LogP contribution in [0.4, 0.5) is 5.82 Å². The van der Waals surface area contributed by atoms with Gasteiger partial charge in [-0.3, -0.25) is 4.79 Å². The Morgan fingerprint density at radius 2 is 2.17 bits per heavy atom. The van der Waals surface area contributed by atoms with Crippen LogP contribution >= 0.6 is 0 Å². The van der Waals surface area contributed by atoms with Crippen molar-refractivity contribution in [3.05, 3.63) is 17.6 Å². The molecule has 18 heavy (non-hydrogen) atoms. The number of amides is 1. The van der Waals surface area contributed by atoms with Crippen LogP contribution in [-0.4, -0.2) is 40.2 Å². The SMILES string of the molecule is NC(=O)c1cc(N2CC[C@H](O)C2)nc(C2CC2)n1. The van der Waals surface area contributed by atoms with Gasteiger partial charge < -0.3 is 15.7 Å². The summed E-state index contributed by atoms with van der Waals surface area (Å²) in [6.45, 7) is 1.31. The normalized spacial score (nSPS) is 23.4. The van der Waals surface area contributed by atoms with Crippen LogP contribution < -0.4 is 10.6 Å². The standard InChI is InChI=1S/C12H16N4O2/c13-11(18)9-5-10(16-4-3-8(17)6-16)15-12(14-9)7-1-2-7/h5,7-8,17H,1-4,6H2,(H2,13,18)/t8-/m0/s1. The highest BCUT2D eigenvalue weighted by molar-refractivity contribution is 5.91. The van der Waals surface area contributed by atoms with Crippen LogP contribution in [0.25, 0.3) is 0 Å². The van der Waals surface area contributed by atoms with Crippen molar-refractivity contribution in [3.63, 3.8) is 0 Å². The Hall–Kier alpha value is -1.69. The fourth-order valence-electron chi connectivity index (χ4n) is 2.21. The maximum Gasteiger partial charge on any atom is 0.267 e. The van der Waals surface area contributed by atoms with E-state index in [9.17, 15) is 9.90 Å². The number of nitrogens with two attached hydrogens (primary N) is 1. The molecule has 1 saturated carbocycles. The molecule has 0 radical (unpaired) electrons. The van der Waals surface area contributed by atoms with E-state index >= 15 is 0 Å². The molecule has 2 heterocycles. The van der Waals surface area contributed by atoms with Crippen molar-refractivity contribution in [2.24, 2.45) is 5.73 Å². The largest absolute Gasteiger partial charge is 0.391 e. The third-order valence-electron chi connectivity index (χ3n) is 3.41. The fourth-order valence-corrected chi connectivity index (χ4v) is 2.21. The highest BCUT2D eigenvalue weighted by atomic mass is 16.3. The van der Waals surface area contributed by atoms with E-state index < -0.39 is 5.91 Å². The van der Waals surface area contributed by atoms with E-state index in [-0.39, 0.29) is 11.8 Å². The Bertz CT molecular complexity index is 487. The minimum absolute atomic E-state index is 0.267. The molecule has 0 spiro atoms. The van der Waals surface area contributed by atoms with E-state index in [1.165, 1.54) is 0 Å². The Morgan fingerprint density at radius 1 is 1.39 bits per heavy atom. The van der Waals surface area contributed by atoms with Crippen molar-refractivity contribution in [2.45, 2.75) is 31.3 Å². The van der Waals surface area contributed by atoms with Crippen molar-refractivity contribution in [1.29, 1.82) is 0 Å². The summed E-state index contributed by atoms with van der Waals surface area (Å²) in [6.07, 6.45) is 2.56. The zero-order valence-corrected chi connectivity index (χ0v) is 10.0. The van der Waals surface area contributed by atoms with Gasteiger partial charge in [0.15, 0.2) is 0 Å². The van der Waals surface area contributed by atoms with Gasteiger partial charge in [-0.2, -0.15) is 0 Å². The lowest BCUT2D eigenvalue weighted by molar-refractivity contribution is 0.0995. The first-order valence-electron chi connectivity index (χ1n) is 6.25. The van der Waals surface area contributed by atoms with Crippen LogP contribution in [0.5, 0.6) is 0 Å². The molecule has 3 N–H and O–H groups in total. The molecular weight excluding hydrogens is 232 g/mol. The van der Waals surface area contributed by atoms with E-state index in [0.717, 1.165) is 25.8 Å². The van der Waals surface area contributed by atoms with Gasteiger partial charge in [-0.25, -0.2) is 9.97 Å². The van der Waals surface area contributed by atoms with Gasteiger partial charge in [0, 0.05) is 25.1 Å². The molecule has 1 aliphatic heterocycles. The highest BCUT2D eigenvalue weighted by Gasteiger charge is 2.29. The smallest absolute Gasteiger partial charge is 0.267 e. The number of aliphatic hydroxyl groups is 1. The molecule has 1 aromatic rings. The molecule has 0 aromatic carbocycles. The number of primary amides is 1. The van der Waals surface area contributed by atoms with Crippen LogP contribution in [0.15, 0.2) is 6.07 Å². The van der Waals surface area contributed by atoms with Crippen LogP contribution in [0.1, 0.15) is 41.5 Å². The molecule has 2 fully saturated rings. The summed E-state index contributed by atoms with van der Waals surface area (Å²) in [6, 6.07) is 1.62. The van der Waals surface area contributed by atoms with Gasteiger partial charge in [0.25, 0.3) is 5.91 Å². The predicted octanol–water partition coefficient (Wildman–Crippen LogP) is 0.0239. The number of nitrogens with zero attached hydrogens (tertiary/aromatic N) is 3. The molecule has 0 unspecified atom stereocenters. The molecule has 1 atom stereocenters. The Morgan fingerprint density at radius 3 is 2.72 bits per heavy atom. The number of rotatable bonds is 3. The predicted molar refractivity (Wildman–Crippen MR) is 65.4 cm³/mol. The summed E-state index contributed by atoms with van der Waals surface area (Å²) in [5.74, 6) is 1.26. The van der Waals surface area contributed by atoms with Gasteiger partial charge in [-0.05, 0) is 19.3 Å². The molecule has 1 amide bonds. The average molecular weight is 248 g/mol. The second-order valence-corrected chi connectivity index (χ2v) is 5.00. The molecule has 1 saturated heterocycles. The van der Waals surface area contributed by atoms with Crippen LogP contribution in [0, 0.1) is 0 Å². The molecule has 1 aliphatic carbocycles. The number of hydrogen-bond acceptors (Lipinski definition) is 5. The molecule has 0 bridgehead atoms. The first-order chi connectivity index (χ1) is 8.63. The van der Waals surface area contributed by atoms with Crippen LogP contribution in [0.3, 0.4) is 0 Å². The zero-order valence-electron chi connectivity index (χ0n) is 10.0. The van der Waals surface area contributed by atoms with Gasteiger partial charge in [0.05, 0.1) is 6.10 Å². The van der Waals surface area contributed by atoms with Crippen molar-refractivity contribution < 1.29 is 9.90 Å². The zero-order chi connectivity index (χ0) is 12.7. The fraction of sp³-hybridized carbons (Fsp3) is 0.583. The Labute approximate surface area is 105 Å². The summed E-state index contributed by atoms with van der Waals surface area (Å²) < 4.78 is 0. The summed E-state index contributed by atoms with van der Waals surface area (Å²) >= 11 is 0. The number of hydrogen-bond donors (Lipinski definition) is 2. The number of carbonyl (C=O) groups excluding carboxylic acids is 1. The lowest BCUT2D eigenvalue weighted by Gasteiger charge is -2.17. The number of aromatic nitrogens is 2. The average Bonchev–Trinajstić information content (AvgIpc) is 3.11. The molecule has 6 nitrogen and oxygen atoms in total. The molecule has 3 rings (SSSR count). The minimum atomic E-state index is -0.528. The highest BCUT2D eigenvalue weighted by Crippen LogP contribution is 2.38.